The lowest BCUT2D eigenvalue weighted by molar-refractivity contribution is -0.123. The highest BCUT2D eigenvalue weighted by Gasteiger charge is 2.36. The summed E-state index contributed by atoms with van der Waals surface area (Å²) in [5.41, 5.74) is 2.53. The third kappa shape index (κ3) is 4.37. The Labute approximate surface area is 187 Å². The molecule has 4 rings (SSSR count). The van der Waals surface area contributed by atoms with E-state index in [0.717, 1.165) is 18.5 Å². The normalized spacial score (nSPS) is 20.1. The Hall–Kier alpha value is -1.60. The van der Waals surface area contributed by atoms with Crippen LogP contribution >= 0.6 is 23.2 Å². The minimum atomic E-state index is -3.65. The predicted octanol–water partition coefficient (Wildman–Crippen LogP) is 4.51. The van der Waals surface area contributed by atoms with Crippen molar-refractivity contribution < 1.29 is 13.2 Å². The molecule has 2 heterocycles. The molecule has 2 aromatic rings. The highest BCUT2D eigenvalue weighted by molar-refractivity contribution is 7.88. The van der Waals surface area contributed by atoms with Crippen molar-refractivity contribution in [3.8, 4) is 0 Å². The number of sulfonamides is 1. The zero-order chi connectivity index (χ0) is 21.3. The van der Waals surface area contributed by atoms with E-state index < -0.39 is 10.0 Å². The second-order valence-corrected chi connectivity index (χ2v) is 10.7. The first-order valence-corrected chi connectivity index (χ1v) is 12.5. The van der Waals surface area contributed by atoms with Gasteiger partial charge in [-0.1, -0.05) is 47.5 Å². The van der Waals surface area contributed by atoms with Crippen molar-refractivity contribution in [2.45, 2.75) is 31.4 Å². The van der Waals surface area contributed by atoms with Crippen LogP contribution < -0.4 is 4.90 Å². The lowest BCUT2D eigenvalue weighted by atomic mass is 9.95. The number of hydrogen-bond acceptors (Lipinski definition) is 3. The molecule has 0 aliphatic carbocycles. The van der Waals surface area contributed by atoms with Gasteiger partial charge in [-0.05, 0) is 49.4 Å². The molecule has 2 aromatic carbocycles. The van der Waals surface area contributed by atoms with Crippen LogP contribution in [0.25, 0.3) is 0 Å². The molecule has 1 fully saturated rings. The second kappa shape index (κ2) is 8.87. The second-order valence-electron chi connectivity index (χ2n) is 7.88. The van der Waals surface area contributed by atoms with Crippen LogP contribution in [-0.4, -0.2) is 38.3 Å². The van der Waals surface area contributed by atoms with Gasteiger partial charge in [0.2, 0.25) is 15.9 Å². The van der Waals surface area contributed by atoms with E-state index in [9.17, 15) is 13.2 Å². The Kier molecular flexibility index (Phi) is 6.39. The first kappa shape index (κ1) is 21.6. The molecule has 0 saturated carbocycles. The number of halogens is 2. The van der Waals surface area contributed by atoms with Gasteiger partial charge in [-0.3, -0.25) is 4.79 Å². The lowest BCUT2D eigenvalue weighted by Gasteiger charge is -2.36. The fraction of sp³-hybridized carbons (Fsp3) is 0.409. The van der Waals surface area contributed by atoms with Crippen LogP contribution in [0.15, 0.2) is 42.5 Å². The molecule has 0 spiro atoms. The summed E-state index contributed by atoms with van der Waals surface area (Å²) in [5, 5.41) is 0.668. The lowest BCUT2D eigenvalue weighted by Crippen LogP contribution is -2.48. The third-order valence-corrected chi connectivity index (χ3v) is 8.37. The monoisotopic (exact) mass is 466 g/mol. The molecule has 0 bridgehead atoms. The Morgan fingerprint density at radius 3 is 2.50 bits per heavy atom. The van der Waals surface area contributed by atoms with Gasteiger partial charge in [-0.15, -0.1) is 0 Å². The molecule has 160 valence electrons. The van der Waals surface area contributed by atoms with Crippen LogP contribution in [0.3, 0.4) is 0 Å². The molecule has 0 unspecified atom stereocenters. The average Bonchev–Trinajstić information content (AvgIpc) is 2.75. The molecule has 2 aliphatic rings. The summed E-state index contributed by atoms with van der Waals surface area (Å²) in [7, 11) is -3.65. The van der Waals surface area contributed by atoms with Crippen LogP contribution in [0.2, 0.25) is 10.0 Å². The number of carbonyl (C=O) groups is 1. The summed E-state index contributed by atoms with van der Waals surface area (Å²) in [5.74, 6) is -0.599. The standard InChI is InChI=1S/C22H24Cl2N2O3S/c23-19-9-3-10-20(24)18(19)15-30(28,29)25-12-4-8-17(14-25)22(27)26-13-5-7-16-6-1-2-11-21(16)26/h1-3,6,9-11,17H,4-5,7-8,12-15H2/t17-/m0/s1. The third-order valence-electron chi connectivity index (χ3n) is 5.89. The van der Waals surface area contributed by atoms with Crippen molar-refractivity contribution in [2.24, 2.45) is 5.92 Å². The van der Waals surface area contributed by atoms with Gasteiger partial charge < -0.3 is 4.90 Å². The number of rotatable bonds is 4. The van der Waals surface area contributed by atoms with Gasteiger partial charge in [0, 0.05) is 40.9 Å². The minimum absolute atomic E-state index is 0.0119. The molecule has 8 heteroatoms. The topological polar surface area (TPSA) is 57.7 Å². The van der Waals surface area contributed by atoms with E-state index in [2.05, 4.69) is 6.07 Å². The fourth-order valence-electron chi connectivity index (χ4n) is 4.32. The van der Waals surface area contributed by atoms with E-state index in [4.69, 9.17) is 23.2 Å². The Morgan fingerprint density at radius 2 is 1.73 bits per heavy atom. The molecule has 0 radical (unpaired) electrons. The van der Waals surface area contributed by atoms with E-state index in [1.54, 1.807) is 18.2 Å². The first-order chi connectivity index (χ1) is 14.4. The minimum Gasteiger partial charge on any atom is -0.312 e. The average molecular weight is 467 g/mol. The van der Waals surface area contributed by atoms with E-state index in [1.807, 2.05) is 23.1 Å². The van der Waals surface area contributed by atoms with Crippen LogP contribution in [0.1, 0.15) is 30.4 Å². The summed E-state index contributed by atoms with van der Waals surface area (Å²) < 4.78 is 27.6. The molecule has 2 aliphatic heterocycles. The summed E-state index contributed by atoms with van der Waals surface area (Å²) in [4.78, 5) is 15.2. The Balaban J connectivity index is 1.51. The molecular weight excluding hydrogens is 443 g/mol. The molecule has 30 heavy (non-hydrogen) atoms. The number of para-hydroxylation sites is 1. The van der Waals surface area contributed by atoms with Crippen molar-refractivity contribution in [1.29, 1.82) is 0 Å². The zero-order valence-electron chi connectivity index (χ0n) is 16.6. The Morgan fingerprint density at radius 1 is 1.00 bits per heavy atom. The maximum Gasteiger partial charge on any atom is 0.231 e. The van der Waals surface area contributed by atoms with E-state index >= 15 is 0 Å². The van der Waals surface area contributed by atoms with Crippen LogP contribution in [0.5, 0.6) is 0 Å². The number of anilines is 1. The highest BCUT2D eigenvalue weighted by atomic mass is 35.5. The fourth-order valence-corrected chi connectivity index (χ4v) is 6.69. The van der Waals surface area contributed by atoms with Crippen LogP contribution in [0.4, 0.5) is 5.69 Å². The molecular formula is C22H24Cl2N2O3S. The van der Waals surface area contributed by atoms with E-state index in [0.29, 0.717) is 41.5 Å². The van der Waals surface area contributed by atoms with Crippen LogP contribution in [-0.2, 0) is 27.0 Å². The molecule has 0 aromatic heterocycles. The summed E-state index contributed by atoms with van der Waals surface area (Å²) in [6, 6.07) is 12.9. The predicted molar refractivity (Wildman–Crippen MR) is 120 cm³/mol. The van der Waals surface area contributed by atoms with Gasteiger partial charge >= 0.3 is 0 Å². The van der Waals surface area contributed by atoms with Gasteiger partial charge in [0.25, 0.3) is 0 Å². The number of aryl methyl sites for hydroxylation is 1. The molecule has 5 nitrogen and oxygen atoms in total. The number of piperidine rings is 1. The number of fused-ring (bicyclic) bond motifs is 1. The van der Waals surface area contributed by atoms with Gasteiger partial charge in [0.1, 0.15) is 0 Å². The number of amides is 1. The van der Waals surface area contributed by atoms with Crippen molar-refractivity contribution in [3.63, 3.8) is 0 Å². The maximum atomic E-state index is 13.3. The molecule has 1 amide bonds. The smallest absolute Gasteiger partial charge is 0.231 e. The molecule has 0 N–H and O–H groups in total. The number of benzene rings is 2. The number of hydrogen-bond donors (Lipinski definition) is 0. The Bertz CT molecular complexity index is 1040. The van der Waals surface area contributed by atoms with Gasteiger partial charge in [-0.25, -0.2) is 12.7 Å². The number of nitrogens with zero attached hydrogens (tertiary/aromatic N) is 2. The van der Waals surface area contributed by atoms with E-state index in [1.165, 1.54) is 9.87 Å². The van der Waals surface area contributed by atoms with Gasteiger partial charge in [0.15, 0.2) is 0 Å². The van der Waals surface area contributed by atoms with Gasteiger partial charge in [-0.2, -0.15) is 0 Å². The first-order valence-electron chi connectivity index (χ1n) is 10.2. The molecule has 1 saturated heterocycles. The highest BCUT2D eigenvalue weighted by Crippen LogP contribution is 2.32. The molecule has 1 atom stereocenters. The van der Waals surface area contributed by atoms with E-state index in [-0.39, 0.29) is 24.1 Å². The van der Waals surface area contributed by atoms with Crippen molar-refractivity contribution in [2.75, 3.05) is 24.5 Å². The van der Waals surface area contributed by atoms with Crippen LogP contribution in [0, 0.1) is 5.92 Å². The summed E-state index contributed by atoms with van der Waals surface area (Å²) in [6.07, 6.45) is 3.23. The summed E-state index contributed by atoms with van der Waals surface area (Å²) >= 11 is 12.3. The number of carbonyl (C=O) groups excluding carboxylic acids is 1. The largest absolute Gasteiger partial charge is 0.312 e. The summed E-state index contributed by atoms with van der Waals surface area (Å²) in [6.45, 7) is 1.28. The zero-order valence-corrected chi connectivity index (χ0v) is 18.9. The van der Waals surface area contributed by atoms with Crippen molar-refractivity contribution >= 4 is 44.8 Å². The van der Waals surface area contributed by atoms with Gasteiger partial charge in [0.05, 0.1) is 11.7 Å². The quantitative estimate of drug-likeness (QED) is 0.665. The van der Waals surface area contributed by atoms with Crippen molar-refractivity contribution in [1.82, 2.24) is 4.31 Å². The SMILES string of the molecule is O=C([C@H]1CCCN(S(=O)(=O)Cc2c(Cl)cccc2Cl)C1)N1CCCc2ccccc21. The van der Waals surface area contributed by atoms with Crippen molar-refractivity contribution in [3.05, 3.63) is 63.6 Å². The maximum absolute atomic E-state index is 13.3.